The number of aryl methyl sites for hydroxylation is 1. The van der Waals surface area contributed by atoms with Gasteiger partial charge in [0.2, 0.25) is 5.91 Å². The molecule has 1 aromatic rings. The van der Waals surface area contributed by atoms with Crippen LogP contribution in [0.15, 0.2) is 6.07 Å². The second kappa shape index (κ2) is 7.18. The van der Waals surface area contributed by atoms with Crippen molar-refractivity contribution in [1.82, 2.24) is 20.0 Å². The average molecular weight is 274 g/mol. The van der Waals surface area contributed by atoms with Gasteiger partial charge in [-0.1, -0.05) is 0 Å². The van der Waals surface area contributed by atoms with Crippen molar-refractivity contribution in [2.45, 2.75) is 26.3 Å². The molecule has 5 nitrogen and oxygen atoms in total. The summed E-state index contributed by atoms with van der Waals surface area (Å²) in [6, 6.07) is 1.30. The summed E-state index contributed by atoms with van der Waals surface area (Å²) in [5.74, 6) is -0.302. The lowest BCUT2D eigenvalue weighted by Gasteiger charge is -2.10. The summed E-state index contributed by atoms with van der Waals surface area (Å²) in [6.07, 6.45) is -1.80. The molecule has 0 unspecified atom stereocenters. The molecule has 1 rings (SSSR count). The molecular formula is C12H20F2N4O. The van der Waals surface area contributed by atoms with E-state index in [9.17, 15) is 13.6 Å². The fourth-order valence-electron chi connectivity index (χ4n) is 1.68. The number of hydrogen-bond donors (Lipinski definition) is 1. The van der Waals surface area contributed by atoms with E-state index in [1.165, 1.54) is 6.07 Å². The van der Waals surface area contributed by atoms with Crippen LogP contribution < -0.4 is 5.32 Å². The van der Waals surface area contributed by atoms with Gasteiger partial charge in [0.15, 0.2) is 0 Å². The van der Waals surface area contributed by atoms with Gasteiger partial charge >= 0.3 is 0 Å². The first-order valence-corrected chi connectivity index (χ1v) is 6.14. The van der Waals surface area contributed by atoms with E-state index >= 15 is 0 Å². The van der Waals surface area contributed by atoms with E-state index < -0.39 is 6.43 Å². The van der Waals surface area contributed by atoms with Crippen LogP contribution in [0, 0.1) is 6.92 Å². The summed E-state index contributed by atoms with van der Waals surface area (Å²) in [7, 11) is 3.90. The molecule has 1 heterocycles. The number of nitrogens with zero attached hydrogens (tertiary/aromatic N) is 3. The Morgan fingerprint density at radius 3 is 2.79 bits per heavy atom. The highest BCUT2D eigenvalue weighted by atomic mass is 19.3. The van der Waals surface area contributed by atoms with Crippen molar-refractivity contribution >= 4 is 5.91 Å². The predicted octanol–water partition coefficient (Wildman–Crippen LogP) is 1.20. The summed E-state index contributed by atoms with van der Waals surface area (Å²) < 4.78 is 26.4. The van der Waals surface area contributed by atoms with Crippen LogP contribution in [0.1, 0.15) is 24.2 Å². The van der Waals surface area contributed by atoms with Crippen molar-refractivity contribution in [2.24, 2.45) is 0 Å². The van der Waals surface area contributed by atoms with Crippen molar-refractivity contribution in [2.75, 3.05) is 27.2 Å². The summed E-state index contributed by atoms with van der Waals surface area (Å²) in [6.45, 7) is 2.84. The number of amides is 1. The monoisotopic (exact) mass is 274 g/mol. The number of hydrogen-bond acceptors (Lipinski definition) is 3. The molecule has 0 saturated heterocycles. The Kier molecular flexibility index (Phi) is 5.88. The molecular weight excluding hydrogens is 254 g/mol. The summed E-state index contributed by atoms with van der Waals surface area (Å²) in [5, 5.41) is 6.59. The van der Waals surface area contributed by atoms with Gasteiger partial charge in [0.25, 0.3) is 6.43 Å². The standard InChI is InChI=1S/C12H20F2N4O/c1-9-7-10(12(13)14)18(16-9)8-11(19)15-5-4-6-17(2)3/h7,12H,4-6,8H2,1-3H3,(H,15,19). The number of carbonyl (C=O) groups excluding carboxylic acids is 1. The first-order valence-electron chi connectivity index (χ1n) is 6.14. The van der Waals surface area contributed by atoms with E-state index in [-0.39, 0.29) is 18.1 Å². The fourth-order valence-corrected chi connectivity index (χ4v) is 1.68. The van der Waals surface area contributed by atoms with Gasteiger partial charge < -0.3 is 10.2 Å². The van der Waals surface area contributed by atoms with Crippen LogP contribution in [0.5, 0.6) is 0 Å². The number of halogens is 2. The zero-order valence-corrected chi connectivity index (χ0v) is 11.5. The first-order chi connectivity index (χ1) is 8.90. The van der Waals surface area contributed by atoms with E-state index in [2.05, 4.69) is 10.4 Å². The molecule has 0 saturated carbocycles. The maximum absolute atomic E-state index is 12.7. The van der Waals surface area contributed by atoms with Gasteiger partial charge in [0, 0.05) is 6.54 Å². The van der Waals surface area contributed by atoms with Crippen LogP contribution in [-0.2, 0) is 11.3 Å². The first kappa shape index (κ1) is 15.6. The highest BCUT2D eigenvalue weighted by molar-refractivity contribution is 5.75. The average Bonchev–Trinajstić information content (AvgIpc) is 2.65. The minimum absolute atomic E-state index is 0.171. The normalized spacial score (nSPS) is 11.3. The maximum atomic E-state index is 12.7. The van der Waals surface area contributed by atoms with Crippen LogP contribution in [0.2, 0.25) is 0 Å². The van der Waals surface area contributed by atoms with E-state index in [0.29, 0.717) is 12.2 Å². The SMILES string of the molecule is Cc1cc(C(F)F)n(CC(=O)NCCCN(C)C)n1. The van der Waals surface area contributed by atoms with Crippen LogP contribution in [-0.4, -0.2) is 47.8 Å². The molecule has 0 atom stereocenters. The number of nitrogens with one attached hydrogen (secondary N) is 1. The minimum atomic E-state index is -2.62. The third-order valence-electron chi connectivity index (χ3n) is 2.55. The Morgan fingerprint density at radius 1 is 1.53 bits per heavy atom. The summed E-state index contributed by atoms with van der Waals surface area (Å²) in [5.41, 5.74) is 0.261. The Bertz CT molecular complexity index is 418. The molecule has 1 amide bonds. The fraction of sp³-hybridized carbons (Fsp3) is 0.667. The zero-order valence-electron chi connectivity index (χ0n) is 11.5. The third-order valence-corrected chi connectivity index (χ3v) is 2.55. The minimum Gasteiger partial charge on any atom is -0.354 e. The molecule has 0 fully saturated rings. The highest BCUT2D eigenvalue weighted by Gasteiger charge is 2.16. The van der Waals surface area contributed by atoms with Gasteiger partial charge in [-0.3, -0.25) is 9.48 Å². The Hall–Kier alpha value is -1.50. The zero-order chi connectivity index (χ0) is 14.4. The second-order valence-electron chi connectivity index (χ2n) is 4.68. The molecule has 0 aliphatic heterocycles. The summed E-state index contributed by atoms with van der Waals surface area (Å²) in [4.78, 5) is 13.6. The lowest BCUT2D eigenvalue weighted by molar-refractivity contribution is -0.121. The third kappa shape index (κ3) is 5.34. The molecule has 0 aliphatic carbocycles. The van der Waals surface area contributed by atoms with E-state index in [4.69, 9.17) is 0 Å². The lowest BCUT2D eigenvalue weighted by Crippen LogP contribution is -2.31. The molecule has 108 valence electrons. The molecule has 1 N–H and O–H groups in total. The van der Waals surface area contributed by atoms with E-state index in [0.717, 1.165) is 17.6 Å². The van der Waals surface area contributed by atoms with Crippen LogP contribution >= 0.6 is 0 Å². The topological polar surface area (TPSA) is 50.2 Å². The van der Waals surface area contributed by atoms with Gasteiger partial charge in [-0.15, -0.1) is 0 Å². The van der Waals surface area contributed by atoms with Crippen molar-refractivity contribution in [3.05, 3.63) is 17.5 Å². The van der Waals surface area contributed by atoms with E-state index in [1.54, 1.807) is 6.92 Å². The van der Waals surface area contributed by atoms with Gasteiger partial charge in [-0.05, 0) is 40.1 Å². The second-order valence-corrected chi connectivity index (χ2v) is 4.68. The van der Waals surface area contributed by atoms with Crippen LogP contribution in [0.3, 0.4) is 0 Å². The van der Waals surface area contributed by atoms with Gasteiger partial charge in [-0.25, -0.2) is 8.78 Å². The molecule has 0 aromatic carbocycles. The largest absolute Gasteiger partial charge is 0.354 e. The molecule has 1 aromatic heterocycles. The predicted molar refractivity (Wildman–Crippen MR) is 68.1 cm³/mol. The summed E-state index contributed by atoms with van der Waals surface area (Å²) >= 11 is 0. The maximum Gasteiger partial charge on any atom is 0.280 e. The Labute approximate surface area is 111 Å². The molecule has 7 heteroatoms. The van der Waals surface area contributed by atoms with Gasteiger partial charge in [-0.2, -0.15) is 5.10 Å². The smallest absolute Gasteiger partial charge is 0.280 e. The number of alkyl halides is 2. The van der Waals surface area contributed by atoms with Crippen LogP contribution in [0.25, 0.3) is 0 Å². The van der Waals surface area contributed by atoms with Crippen LogP contribution in [0.4, 0.5) is 8.78 Å². The number of aromatic nitrogens is 2. The number of rotatable bonds is 7. The molecule has 0 bridgehead atoms. The van der Waals surface area contributed by atoms with E-state index in [1.807, 2.05) is 19.0 Å². The Morgan fingerprint density at radius 2 is 2.21 bits per heavy atom. The quantitative estimate of drug-likeness (QED) is 0.760. The van der Waals surface area contributed by atoms with Crippen molar-refractivity contribution in [1.29, 1.82) is 0 Å². The molecule has 0 aliphatic rings. The molecule has 0 spiro atoms. The van der Waals surface area contributed by atoms with Crippen molar-refractivity contribution in [3.8, 4) is 0 Å². The lowest BCUT2D eigenvalue weighted by atomic mass is 10.3. The van der Waals surface area contributed by atoms with Crippen molar-refractivity contribution < 1.29 is 13.6 Å². The number of carbonyl (C=O) groups is 1. The molecule has 19 heavy (non-hydrogen) atoms. The van der Waals surface area contributed by atoms with Crippen molar-refractivity contribution in [3.63, 3.8) is 0 Å². The van der Waals surface area contributed by atoms with Gasteiger partial charge in [0.05, 0.1) is 5.69 Å². The Balaban J connectivity index is 2.44. The highest BCUT2D eigenvalue weighted by Crippen LogP contribution is 2.19. The van der Waals surface area contributed by atoms with Gasteiger partial charge in [0.1, 0.15) is 12.2 Å². The molecule has 0 radical (unpaired) electrons.